The molecule has 0 saturated carbocycles. The van der Waals surface area contributed by atoms with Gasteiger partial charge in [0, 0.05) is 11.5 Å². The highest BCUT2D eigenvalue weighted by molar-refractivity contribution is 5.84. The molecule has 0 radical (unpaired) electrons. The lowest BCUT2D eigenvalue weighted by Crippen LogP contribution is -2.18. The normalized spacial score (nSPS) is 11.4. The number of methoxy groups -OCH3 is 1. The van der Waals surface area contributed by atoms with E-state index >= 15 is 0 Å². The summed E-state index contributed by atoms with van der Waals surface area (Å²) >= 11 is 0. The highest BCUT2D eigenvalue weighted by Gasteiger charge is 2.20. The second-order valence-electron chi connectivity index (χ2n) is 5.23. The maximum atomic E-state index is 11.3. The lowest BCUT2D eigenvalue weighted by Gasteiger charge is -2.17. The Morgan fingerprint density at radius 2 is 2.05 bits per heavy atom. The molecule has 0 aliphatic carbocycles. The summed E-state index contributed by atoms with van der Waals surface area (Å²) < 4.78 is 5.91. The van der Waals surface area contributed by atoms with Crippen LogP contribution in [-0.4, -0.2) is 37.8 Å². The van der Waals surface area contributed by atoms with Crippen LogP contribution in [0.2, 0.25) is 0 Å². The van der Waals surface area contributed by atoms with Gasteiger partial charge in [0.05, 0.1) is 7.11 Å². The molecule has 106 valence electrons. The molecule has 2 aromatic heterocycles. The van der Waals surface area contributed by atoms with Gasteiger partial charge >= 0.3 is 5.97 Å². The molecule has 2 heterocycles. The van der Waals surface area contributed by atoms with Crippen molar-refractivity contribution in [2.24, 2.45) is 0 Å². The molecule has 0 fully saturated rings. The molecule has 2 aromatic rings. The number of rotatable bonds is 2. The first-order valence-corrected chi connectivity index (χ1v) is 5.96. The summed E-state index contributed by atoms with van der Waals surface area (Å²) in [5.41, 5.74) is 5.53. The van der Waals surface area contributed by atoms with Crippen LogP contribution in [0.5, 0.6) is 0 Å². The van der Waals surface area contributed by atoms with Gasteiger partial charge in [-0.1, -0.05) is 20.8 Å². The summed E-state index contributed by atoms with van der Waals surface area (Å²) in [6.07, 6.45) is 1.38. The quantitative estimate of drug-likeness (QED) is 0.805. The first-order chi connectivity index (χ1) is 9.31. The number of ether oxygens (including phenoxy) is 1. The van der Waals surface area contributed by atoms with Crippen molar-refractivity contribution in [1.29, 1.82) is 0 Å². The summed E-state index contributed by atoms with van der Waals surface area (Å²) in [5.74, 6) is 0.714. The predicted molar refractivity (Wildman–Crippen MR) is 71.4 cm³/mol. The van der Waals surface area contributed by atoms with Crippen molar-refractivity contribution in [2.45, 2.75) is 26.2 Å². The number of hydrogen-bond donors (Lipinski definition) is 1. The van der Waals surface area contributed by atoms with Gasteiger partial charge in [0.15, 0.2) is 5.82 Å². The zero-order valence-corrected chi connectivity index (χ0v) is 11.8. The molecule has 0 atom stereocenters. The van der Waals surface area contributed by atoms with Crippen LogP contribution in [-0.2, 0) is 10.2 Å². The Labute approximate surface area is 116 Å². The molecule has 0 bridgehead atoms. The zero-order chi connectivity index (χ0) is 14.9. The first kappa shape index (κ1) is 13.9. The monoisotopic (exact) mass is 276 g/mol. The van der Waals surface area contributed by atoms with Crippen molar-refractivity contribution < 1.29 is 9.53 Å². The number of hydrogen-bond acceptors (Lipinski definition) is 7. The molecule has 0 saturated heterocycles. The first-order valence-electron chi connectivity index (χ1n) is 5.96. The topological polar surface area (TPSA) is 109 Å². The van der Waals surface area contributed by atoms with E-state index in [4.69, 9.17) is 5.73 Å². The van der Waals surface area contributed by atoms with Gasteiger partial charge in [-0.25, -0.2) is 24.4 Å². The van der Waals surface area contributed by atoms with E-state index in [0.717, 1.165) is 0 Å². The van der Waals surface area contributed by atoms with Crippen LogP contribution in [0.25, 0.3) is 5.82 Å². The highest BCUT2D eigenvalue weighted by Crippen LogP contribution is 2.20. The molecule has 8 heteroatoms. The fourth-order valence-corrected chi connectivity index (χ4v) is 1.46. The number of nitrogens with two attached hydrogens (primary N) is 1. The maximum absolute atomic E-state index is 11.3. The molecule has 0 spiro atoms. The van der Waals surface area contributed by atoms with Crippen LogP contribution in [0.1, 0.15) is 37.2 Å². The highest BCUT2D eigenvalue weighted by atomic mass is 16.5. The van der Waals surface area contributed by atoms with E-state index < -0.39 is 5.97 Å². The van der Waals surface area contributed by atoms with Gasteiger partial charge in [0.25, 0.3) is 5.82 Å². The van der Waals surface area contributed by atoms with Crippen molar-refractivity contribution in [3.63, 3.8) is 0 Å². The third-order valence-corrected chi connectivity index (χ3v) is 2.50. The van der Waals surface area contributed by atoms with Gasteiger partial charge in [-0.3, -0.25) is 0 Å². The second kappa shape index (κ2) is 4.87. The summed E-state index contributed by atoms with van der Waals surface area (Å²) in [6.45, 7) is 5.94. The average Bonchev–Trinajstić information content (AvgIpc) is 2.85. The lowest BCUT2D eigenvalue weighted by atomic mass is 9.96. The van der Waals surface area contributed by atoms with Crippen LogP contribution in [0.4, 0.5) is 5.82 Å². The number of nitrogens with zero attached hydrogens (tertiary/aromatic N) is 5. The maximum Gasteiger partial charge on any atom is 0.377 e. The number of nitrogen functional groups attached to an aromatic ring is 1. The fraction of sp³-hybridized carbons (Fsp3) is 0.417. The third-order valence-electron chi connectivity index (χ3n) is 2.50. The van der Waals surface area contributed by atoms with Gasteiger partial charge < -0.3 is 10.5 Å². The standard InChI is InChI=1S/C12H16N6O2/c1-12(2,3)11-15-7(13)5-8(16-11)18-6-14-9(17-18)10(19)20-4/h5-6H,1-4H3,(H2,13,15,16). The summed E-state index contributed by atoms with van der Waals surface area (Å²) in [5, 5.41) is 4.00. The Hall–Kier alpha value is -2.51. The van der Waals surface area contributed by atoms with E-state index in [1.165, 1.54) is 18.1 Å². The Bertz CT molecular complexity index is 644. The molecule has 20 heavy (non-hydrogen) atoms. The van der Waals surface area contributed by atoms with E-state index in [1.54, 1.807) is 6.07 Å². The van der Waals surface area contributed by atoms with Gasteiger partial charge in [0.1, 0.15) is 18.0 Å². The Balaban J connectivity index is 2.45. The molecule has 0 aromatic carbocycles. The molecule has 0 unspecified atom stereocenters. The van der Waals surface area contributed by atoms with Crippen molar-refractivity contribution in [3.05, 3.63) is 24.0 Å². The van der Waals surface area contributed by atoms with E-state index in [-0.39, 0.29) is 11.2 Å². The van der Waals surface area contributed by atoms with Gasteiger partial charge in [0.2, 0.25) is 0 Å². The number of aromatic nitrogens is 5. The fourth-order valence-electron chi connectivity index (χ4n) is 1.46. The average molecular weight is 276 g/mol. The van der Waals surface area contributed by atoms with Crippen LogP contribution >= 0.6 is 0 Å². The van der Waals surface area contributed by atoms with Gasteiger partial charge in [-0.05, 0) is 0 Å². The van der Waals surface area contributed by atoms with E-state index in [9.17, 15) is 4.79 Å². The Kier molecular flexibility index (Phi) is 3.39. The number of esters is 1. The number of carbonyl (C=O) groups excluding carboxylic acids is 1. The molecule has 8 nitrogen and oxygen atoms in total. The minimum Gasteiger partial charge on any atom is -0.463 e. The minimum atomic E-state index is -0.609. The van der Waals surface area contributed by atoms with Crippen molar-refractivity contribution in [2.75, 3.05) is 12.8 Å². The molecule has 0 aliphatic heterocycles. The van der Waals surface area contributed by atoms with Crippen LogP contribution < -0.4 is 5.73 Å². The van der Waals surface area contributed by atoms with Crippen molar-refractivity contribution in [3.8, 4) is 5.82 Å². The SMILES string of the molecule is COC(=O)c1ncn(-c2cc(N)nc(C(C)(C)C)n2)n1. The summed E-state index contributed by atoms with van der Waals surface area (Å²) in [7, 11) is 1.27. The van der Waals surface area contributed by atoms with E-state index in [0.29, 0.717) is 17.5 Å². The lowest BCUT2D eigenvalue weighted by molar-refractivity contribution is 0.0587. The zero-order valence-electron chi connectivity index (χ0n) is 11.8. The molecular weight excluding hydrogens is 260 g/mol. The van der Waals surface area contributed by atoms with Crippen molar-refractivity contribution in [1.82, 2.24) is 24.7 Å². The van der Waals surface area contributed by atoms with Gasteiger partial charge in [-0.15, -0.1) is 5.10 Å². The number of anilines is 1. The Morgan fingerprint density at radius 1 is 1.35 bits per heavy atom. The van der Waals surface area contributed by atoms with Crippen molar-refractivity contribution >= 4 is 11.8 Å². The summed E-state index contributed by atoms with van der Waals surface area (Å²) in [6, 6.07) is 1.56. The molecular formula is C12H16N6O2. The Morgan fingerprint density at radius 3 is 2.65 bits per heavy atom. The minimum absolute atomic E-state index is 0.0398. The number of carbonyl (C=O) groups is 1. The molecule has 0 aliphatic rings. The third kappa shape index (κ3) is 2.73. The van der Waals surface area contributed by atoms with Crippen LogP contribution in [0.3, 0.4) is 0 Å². The van der Waals surface area contributed by atoms with Gasteiger partial charge in [-0.2, -0.15) is 0 Å². The molecule has 2 rings (SSSR count). The largest absolute Gasteiger partial charge is 0.463 e. The van der Waals surface area contributed by atoms with E-state index in [2.05, 4.69) is 24.8 Å². The summed E-state index contributed by atoms with van der Waals surface area (Å²) in [4.78, 5) is 23.8. The van der Waals surface area contributed by atoms with E-state index in [1.807, 2.05) is 20.8 Å². The second-order valence-corrected chi connectivity index (χ2v) is 5.23. The molecule has 0 amide bonds. The molecule has 2 N–H and O–H groups in total. The van der Waals surface area contributed by atoms with Crippen LogP contribution in [0.15, 0.2) is 12.4 Å². The predicted octanol–water partition coefficient (Wildman–Crippen LogP) is 0.724. The van der Waals surface area contributed by atoms with Crippen LogP contribution in [0, 0.1) is 0 Å². The smallest absolute Gasteiger partial charge is 0.377 e.